The number of nitrogens with one attached hydrogen (secondary N) is 1. The predicted octanol–water partition coefficient (Wildman–Crippen LogP) is 4.82. The van der Waals surface area contributed by atoms with Crippen LogP contribution in [0.1, 0.15) is 46.1 Å². The smallest absolute Gasteiger partial charge is 0.0377 e. The fourth-order valence-electron chi connectivity index (χ4n) is 2.44. The van der Waals surface area contributed by atoms with Crippen LogP contribution < -0.4 is 10.2 Å². The molecule has 0 spiro atoms. The molecule has 0 saturated heterocycles. The molecule has 0 bridgehead atoms. The van der Waals surface area contributed by atoms with Gasteiger partial charge in [-0.05, 0) is 43.0 Å². The number of nitrogens with zero attached hydrogens (tertiary/aromatic N) is 1. The van der Waals surface area contributed by atoms with Crippen LogP contribution in [-0.2, 0) is 6.54 Å². The summed E-state index contributed by atoms with van der Waals surface area (Å²) >= 11 is 3.71. The van der Waals surface area contributed by atoms with Gasteiger partial charge >= 0.3 is 0 Å². The quantitative estimate of drug-likeness (QED) is 0.729. The van der Waals surface area contributed by atoms with Gasteiger partial charge in [0.15, 0.2) is 0 Å². The van der Waals surface area contributed by atoms with E-state index in [4.69, 9.17) is 0 Å². The average Bonchev–Trinajstić information content (AvgIpc) is 2.41. The van der Waals surface area contributed by atoms with Crippen molar-refractivity contribution in [3.8, 4) is 0 Å². The Kier molecular flexibility index (Phi) is 7.60. The van der Waals surface area contributed by atoms with E-state index in [9.17, 15) is 0 Å². The number of benzene rings is 1. The van der Waals surface area contributed by atoms with Crippen molar-refractivity contribution in [2.45, 2.75) is 53.1 Å². The lowest BCUT2D eigenvalue weighted by molar-refractivity contribution is 0.551. The molecule has 1 rings (SSSR count). The summed E-state index contributed by atoms with van der Waals surface area (Å²) in [5.74, 6) is 0.689. The number of anilines is 1. The van der Waals surface area contributed by atoms with Crippen molar-refractivity contribution in [2.75, 3.05) is 18.5 Å². The summed E-state index contributed by atoms with van der Waals surface area (Å²) in [5, 5.41) is 3.49. The van der Waals surface area contributed by atoms with Gasteiger partial charge in [0, 0.05) is 29.8 Å². The van der Waals surface area contributed by atoms with Gasteiger partial charge < -0.3 is 10.2 Å². The summed E-state index contributed by atoms with van der Waals surface area (Å²) in [6.07, 6.45) is 2.37. The minimum absolute atomic E-state index is 0.617. The van der Waals surface area contributed by atoms with Gasteiger partial charge in [0.1, 0.15) is 0 Å². The van der Waals surface area contributed by atoms with Crippen LogP contribution in [0.2, 0.25) is 0 Å². The van der Waals surface area contributed by atoms with Crippen molar-refractivity contribution in [1.82, 2.24) is 5.32 Å². The number of rotatable bonds is 8. The standard InChI is InChI=1S/C17H29BrN2/c1-6-15(7-2)20(5)16-9-8-14(17(18)10-16)12-19-11-13(3)4/h8-10,13,15,19H,6-7,11-12H2,1-5H3. The predicted molar refractivity (Wildman–Crippen MR) is 93.5 cm³/mol. The second-order valence-electron chi connectivity index (χ2n) is 5.88. The summed E-state index contributed by atoms with van der Waals surface area (Å²) in [5.41, 5.74) is 2.62. The van der Waals surface area contributed by atoms with Crippen molar-refractivity contribution >= 4 is 21.6 Å². The van der Waals surface area contributed by atoms with Gasteiger partial charge in [0.2, 0.25) is 0 Å². The minimum Gasteiger partial charge on any atom is -0.372 e. The van der Waals surface area contributed by atoms with E-state index in [1.54, 1.807) is 0 Å². The Balaban J connectivity index is 2.72. The van der Waals surface area contributed by atoms with Crippen LogP contribution in [0.15, 0.2) is 22.7 Å². The van der Waals surface area contributed by atoms with E-state index in [0.29, 0.717) is 12.0 Å². The lowest BCUT2D eigenvalue weighted by Gasteiger charge is -2.29. The third-order valence-corrected chi connectivity index (χ3v) is 4.54. The molecule has 0 heterocycles. The summed E-state index contributed by atoms with van der Waals surface area (Å²) in [6, 6.07) is 7.32. The zero-order valence-corrected chi connectivity index (χ0v) is 15.1. The van der Waals surface area contributed by atoms with E-state index in [2.05, 4.69) is 79.1 Å². The summed E-state index contributed by atoms with van der Waals surface area (Å²) < 4.78 is 1.20. The van der Waals surface area contributed by atoms with Crippen molar-refractivity contribution in [1.29, 1.82) is 0 Å². The zero-order valence-electron chi connectivity index (χ0n) is 13.5. The molecular weight excluding hydrogens is 312 g/mol. The second-order valence-corrected chi connectivity index (χ2v) is 6.74. The Hall–Kier alpha value is -0.540. The first-order valence-corrected chi connectivity index (χ1v) is 8.50. The first-order chi connectivity index (χ1) is 9.49. The molecule has 0 aromatic heterocycles. The molecule has 1 aromatic carbocycles. The Labute approximate surface area is 133 Å². The van der Waals surface area contributed by atoms with Gasteiger partial charge in [-0.1, -0.05) is 49.7 Å². The van der Waals surface area contributed by atoms with Crippen LogP contribution >= 0.6 is 15.9 Å². The van der Waals surface area contributed by atoms with Crippen molar-refractivity contribution in [2.24, 2.45) is 5.92 Å². The topological polar surface area (TPSA) is 15.3 Å². The largest absolute Gasteiger partial charge is 0.372 e. The van der Waals surface area contributed by atoms with Crippen LogP contribution in [0.25, 0.3) is 0 Å². The first-order valence-electron chi connectivity index (χ1n) is 7.71. The monoisotopic (exact) mass is 340 g/mol. The maximum absolute atomic E-state index is 3.71. The van der Waals surface area contributed by atoms with Gasteiger partial charge in [-0.2, -0.15) is 0 Å². The van der Waals surface area contributed by atoms with Gasteiger partial charge in [0.25, 0.3) is 0 Å². The maximum Gasteiger partial charge on any atom is 0.0377 e. The highest BCUT2D eigenvalue weighted by atomic mass is 79.9. The fraction of sp³-hybridized carbons (Fsp3) is 0.647. The first kappa shape index (κ1) is 17.5. The molecule has 0 saturated carbocycles. The highest BCUT2D eigenvalue weighted by Crippen LogP contribution is 2.26. The Morgan fingerprint density at radius 3 is 2.35 bits per heavy atom. The molecule has 20 heavy (non-hydrogen) atoms. The lowest BCUT2D eigenvalue weighted by atomic mass is 10.1. The molecule has 114 valence electrons. The number of hydrogen-bond acceptors (Lipinski definition) is 2. The molecule has 0 aliphatic carbocycles. The molecule has 0 aliphatic rings. The fourth-order valence-corrected chi connectivity index (χ4v) is 2.95. The zero-order chi connectivity index (χ0) is 15.1. The van der Waals surface area contributed by atoms with E-state index < -0.39 is 0 Å². The van der Waals surface area contributed by atoms with Crippen LogP contribution in [0.5, 0.6) is 0 Å². The molecule has 0 unspecified atom stereocenters. The average molecular weight is 341 g/mol. The van der Waals surface area contributed by atoms with E-state index >= 15 is 0 Å². The molecule has 1 N–H and O–H groups in total. The highest BCUT2D eigenvalue weighted by molar-refractivity contribution is 9.10. The molecular formula is C17H29BrN2. The van der Waals surface area contributed by atoms with Gasteiger partial charge in [-0.25, -0.2) is 0 Å². The summed E-state index contributed by atoms with van der Waals surface area (Å²) in [7, 11) is 2.19. The van der Waals surface area contributed by atoms with Gasteiger partial charge in [0.05, 0.1) is 0 Å². The Morgan fingerprint density at radius 2 is 1.85 bits per heavy atom. The molecule has 0 radical (unpaired) electrons. The Morgan fingerprint density at radius 1 is 1.20 bits per heavy atom. The molecule has 0 fully saturated rings. The lowest BCUT2D eigenvalue weighted by Crippen LogP contribution is -2.30. The molecule has 0 amide bonds. The van der Waals surface area contributed by atoms with Crippen LogP contribution in [0.3, 0.4) is 0 Å². The Bertz CT molecular complexity index is 400. The van der Waals surface area contributed by atoms with E-state index in [0.717, 1.165) is 13.1 Å². The van der Waals surface area contributed by atoms with Gasteiger partial charge in [-0.15, -0.1) is 0 Å². The van der Waals surface area contributed by atoms with E-state index in [-0.39, 0.29) is 0 Å². The van der Waals surface area contributed by atoms with Crippen LogP contribution in [0.4, 0.5) is 5.69 Å². The third kappa shape index (κ3) is 5.10. The van der Waals surface area contributed by atoms with E-state index in [1.165, 1.54) is 28.6 Å². The second kappa shape index (κ2) is 8.68. The van der Waals surface area contributed by atoms with Crippen molar-refractivity contribution in [3.63, 3.8) is 0 Å². The highest BCUT2D eigenvalue weighted by Gasteiger charge is 2.12. The van der Waals surface area contributed by atoms with Crippen LogP contribution in [-0.4, -0.2) is 19.6 Å². The van der Waals surface area contributed by atoms with Crippen molar-refractivity contribution < 1.29 is 0 Å². The van der Waals surface area contributed by atoms with Crippen LogP contribution in [0, 0.1) is 5.92 Å². The third-order valence-electron chi connectivity index (χ3n) is 3.80. The maximum atomic E-state index is 3.71. The summed E-state index contributed by atoms with van der Waals surface area (Å²) in [4.78, 5) is 2.39. The SMILES string of the molecule is CCC(CC)N(C)c1ccc(CNCC(C)C)c(Br)c1. The molecule has 1 aromatic rings. The molecule has 0 atom stereocenters. The van der Waals surface area contributed by atoms with Crippen molar-refractivity contribution in [3.05, 3.63) is 28.2 Å². The number of hydrogen-bond donors (Lipinski definition) is 1. The molecule has 2 nitrogen and oxygen atoms in total. The van der Waals surface area contributed by atoms with E-state index in [1.807, 2.05) is 0 Å². The summed E-state index contributed by atoms with van der Waals surface area (Å²) in [6.45, 7) is 11.0. The minimum atomic E-state index is 0.617. The molecule has 0 aliphatic heterocycles. The van der Waals surface area contributed by atoms with Gasteiger partial charge in [-0.3, -0.25) is 0 Å². The normalized spacial score (nSPS) is 11.4. The number of halogens is 1. The molecule has 3 heteroatoms.